The zero-order valence-electron chi connectivity index (χ0n) is 12.5. The van der Waals surface area contributed by atoms with Crippen LogP contribution in [-0.4, -0.2) is 17.6 Å². The Balaban J connectivity index is 1.99. The van der Waals surface area contributed by atoms with Gasteiger partial charge in [0.2, 0.25) is 0 Å². The minimum absolute atomic E-state index is 0.338. The summed E-state index contributed by atoms with van der Waals surface area (Å²) in [7, 11) is 0. The van der Waals surface area contributed by atoms with Crippen LogP contribution in [0, 0.1) is 5.41 Å². The van der Waals surface area contributed by atoms with Gasteiger partial charge in [0, 0.05) is 18.0 Å². The van der Waals surface area contributed by atoms with E-state index in [1.807, 2.05) is 12.3 Å². The van der Waals surface area contributed by atoms with Crippen molar-refractivity contribution in [3.8, 4) is 0 Å². The lowest BCUT2D eigenvalue weighted by Crippen LogP contribution is -2.26. The molecule has 1 atom stereocenters. The lowest BCUT2D eigenvalue weighted by atomic mass is 9.87. The smallest absolute Gasteiger partial charge is 0.0769 e. The monoisotopic (exact) mass is 269 g/mol. The highest BCUT2D eigenvalue weighted by Gasteiger charge is 2.22. The Morgan fingerprint density at radius 2 is 2.05 bits per heavy atom. The Kier molecular flexibility index (Phi) is 3.28. The van der Waals surface area contributed by atoms with E-state index in [0.717, 1.165) is 24.2 Å². The number of hydrogen-bond donors (Lipinski definition) is 2. The lowest BCUT2D eigenvalue weighted by Gasteiger charge is -2.26. The van der Waals surface area contributed by atoms with Crippen molar-refractivity contribution in [2.75, 3.05) is 17.2 Å². The van der Waals surface area contributed by atoms with Crippen molar-refractivity contribution in [3.05, 3.63) is 30.5 Å². The van der Waals surface area contributed by atoms with Gasteiger partial charge < -0.3 is 10.6 Å². The zero-order chi connectivity index (χ0) is 14.2. The zero-order valence-corrected chi connectivity index (χ0v) is 12.5. The van der Waals surface area contributed by atoms with Gasteiger partial charge in [0.15, 0.2) is 0 Å². The van der Waals surface area contributed by atoms with E-state index in [1.165, 1.54) is 17.5 Å². The quantitative estimate of drug-likeness (QED) is 0.812. The van der Waals surface area contributed by atoms with Crippen molar-refractivity contribution < 1.29 is 0 Å². The van der Waals surface area contributed by atoms with Gasteiger partial charge in [0.25, 0.3) is 0 Å². The summed E-state index contributed by atoms with van der Waals surface area (Å²) in [6.07, 6.45) is 4.26. The second-order valence-electron chi connectivity index (χ2n) is 6.89. The van der Waals surface area contributed by atoms with Gasteiger partial charge in [-0.3, -0.25) is 4.98 Å². The number of nitrogens with zero attached hydrogens (tertiary/aromatic N) is 1. The van der Waals surface area contributed by atoms with Crippen molar-refractivity contribution in [2.45, 2.75) is 39.7 Å². The summed E-state index contributed by atoms with van der Waals surface area (Å²) in [4.78, 5) is 4.53. The molecule has 1 aromatic heterocycles. The molecular weight excluding hydrogens is 246 g/mol. The summed E-state index contributed by atoms with van der Waals surface area (Å²) in [5, 5.41) is 8.47. The van der Waals surface area contributed by atoms with Gasteiger partial charge in [0.1, 0.15) is 0 Å². The van der Waals surface area contributed by atoms with Gasteiger partial charge >= 0.3 is 0 Å². The van der Waals surface area contributed by atoms with E-state index in [-0.39, 0.29) is 0 Å². The van der Waals surface area contributed by atoms with Crippen molar-refractivity contribution >= 4 is 22.3 Å². The predicted molar refractivity (Wildman–Crippen MR) is 86.3 cm³/mol. The van der Waals surface area contributed by atoms with E-state index in [9.17, 15) is 0 Å². The number of hydrogen-bond acceptors (Lipinski definition) is 3. The first kappa shape index (κ1) is 13.2. The Labute approximate surface area is 120 Å². The molecule has 3 heteroatoms. The molecule has 0 spiro atoms. The Morgan fingerprint density at radius 1 is 1.25 bits per heavy atom. The van der Waals surface area contributed by atoms with E-state index in [1.54, 1.807) is 0 Å². The van der Waals surface area contributed by atoms with Gasteiger partial charge in [-0.2, -0.15) is 0 Å². The van der Waals surface area contributed by atoms with Crippen molar-refractivity contribution in [2.24, 2.45) is 5.41 Å². The largest absolute Gasteiger partial charge is 0.382 e. The molecule has 0 saturated heterocycles. The molecule has 1 aromatic carbocycles. The molecule has 3 nitrogen and oxygen atoms in total. The summed E-state index contributed by atoms with van der Waals surface area (Å²) in [5.74, 6) is 0. The highest BCUT2D eigenvalue weighted by molar-refractivity contribution is 5.97. The first-order valence-electron chi connectivity index (χ1n) is 7.41. The van der Waals surface area contributed by atoms with E-state index in [0.29, 0.717) is 11.5 Å². The summed E-state index contributed by atoms with van der Waals surface area (Å²) in [5.41, 5.74) is 3.73. The van der Waals surface area contributed by atoms with Crippen LogP contribution in [0.25, 0.3) is 10.9 Å². The van der Waals surface area contributed by atoms with Crippen LogP contribution >= 0.6 is 0 Å². The number of fused-ring (bicyclic) bond motifs is 3. The average Bonchev–Trinajstić information content (AvgIpc) is 2.58. The second kappa shape index (κ2) is 4.97. The van der Waals surface area contributed by atoms with Crippen LogP contribution < -0.4 is 10.6 Å². The number of aromatic nitrogens is 1. The number of rotatable bonds is 1. The van der Waals surface area contributed by atoms with Crippen LogP contribution in [-0.2, 0) is 0 Å². The van der Waals surface area contributed by atoms with Crippen LogP contribution in [0.1, 0.15) is 33.6 Å². The molecule has 0 saturated carbocycles. The highest BCUT2D eigenvalue weighted by Crippen LogP contribution is 2.34. The van der Waals surface area contributed by atoms with Gasteiger partial charge in [-0.25, -0.2) is 0 Å². The molecule has 1 aliphatic rings. The molecule has 0 fully saturated rings. The van der Waals surface area contributed by atoms with Gasteiger partial charge in [-0.05, 0) is 24.3 Å². The fraction of sp³-hybridized carbons (Fsp3) is 0.471. The number of para-hydroxylation sites is 1. The molecule has 3 rings (SSSR count). The summed E-state index contributed by atoms with van der Waals surface area (Å²) < 4.78 is 0. The molecule has 2 aromatic rings. The van der Waals surface area contributed by atoms with Crippen LogP contribution in [0.2, 0.25) is 0 Å². The third-order valence-electron chi connectivity index (χ3n) is 3.79. The van der Waals surface area contributed by atoms with Gasteiger partial charge in [-0.1, -0.05) is 39.0 Å². The third kappa shape index (κ3) is 2.72. The topological polar surface area (TPSA) is 37.0 Å². The van der Waals surface area contributed by atoms with Crippen LogP contribution in [0.4, 0.5) is 11.4 Å². The first-order valence-corrected chi connectivity index (χ1v) is 7.41. The molecule has 0 radical (unpaired) electrons. The maximum absolute atomic E-state index is 4.53. The molecule has 2 N–H and O–H groups in total. The molecule has 2 heterocycles. The normalized spacial score (nSPS) is 18.9. The Morgan fingerprint density at radius 3 is 2.85 bits per heavy atom. The SMILES string of the molecule is CC(C)(C)CC1CCNc2cnc3ccccc3c2N1. The molecular formula is C17H23N3. The first-order chi connectivity index (χ1) is 9.53. The van der Waals surface area contributed by atoms with Crippen molar-refractivity contribution in [1.29, 1.82) is 0 Å². The standard InChI is InChI=1S/C17H23N3/c1-17(2,3)10-12-8-9-18-15-11-19-14-7-5-4-6-13(14)16(15)20-12/h4-7,11-12,18,20H,8-10H2,1-3H3. The van der Waals surface area contributed by atoms with Gasteiger partial charge in [-0.15, -0.1) is 0 Å². The van der Waals surface area contributed by atoms with E-state index in [4.69, 9.17) is 0 Å². The summed E-state index contributed by atoms with van der Waals surface area (Å²) >= 11 is 0. The number of benzene rings is 1. The minimum Gasteiger partial charge on any atom is -0.382 e. The molecule has 0 bridgehead atoms. The third-order valence-corrected chi connectivity index (χ3v) is 3.79. The molecule has 1 aliphatic heterocycles. The maximum Gasteiger partial charge on any atom is 0.0769 e. The van der Waals surface area contributed by atoms with Crippen LogP contribution in [0.15, 0.2) is 30.5 Å². The van der Waals surface area contributed by atoms with Crippen LogP contribution in [0.5, 0.6) is 0 Å². The van der Waals surface area contributed by atoms with E-state index < -0.39 is 0 Å². The Bertz CT molecular complexity index is 613. The van der Waals surface area contributed by atoms with Gasteiger partial charge in [0.05, 0.1) is 23.1 Å². The highest BCUT2D eigenvalue weighted by atomic mass is 15.0. The van der Waals surface area contributed by atoms with Crippen LogP contribution in [0.3, 0.4) is 0 Å². The Hall–Kier alpha value is -1.77. The maximum atomic E-state index is 4.53. The fourth-order valence-electron chi connectivity index (χ4n) is 2.98. The average molecular weight is 269 g/mol. The van der Waals surface area contributed by atoms with E-state index in [2.05, 4.69) is 54.6 Å². The number of anilines is 2. The lowest BCUT2D eigenvalue weighted by molar-refractivity contribution is 0.345. The van der Waals surface area contributed by atoms with Crippen molar-refractivity contribution in [1.82, 2.24) is 4.98 Å². The fourth-order valence-corrected chi connectivity index (χ4v) is 2.98. The molecule has 20 heavy (non-hydrogen) atoms. The van der Waals surface area contributed by atoms with Crippen molar-refractivity contribution in [3.63, 3.8) is 0 Å². The molecule has 1 unspecified atom stereocenters. The summed E-state index contributed by atoms with van der Waals surface area (Å²) in [6.45, 7) is 7.91. The predicted octanol–water partition coefficient (Wildman–Crippen LogP) is 4.27. The molecule has 106 valence electrons. The van der Waals surface area contributed by atoms with E-state index >= 15 is 0 Å². The minimum atomic E-state index is 0.338. The second-order valence-corrected chi connectivity index (χ2v) is 6.89. The summed E-state index contributed by atoms with van der Waals surface area (Å²) in [6, 6.07) is 8.85. The molecule has 0 amide bonds. The number of nitrogens with one attached hydrogen (secondary N) is 2. The molecule has 0 aliphatic carbocycles. The number of pyridine rings is 1.